The van der Waals surface area contributed by atoms with Gasteiger partial charge in [0, 0.05) is 12.1 Å². The van der Waals surface area contributed by atoms with Gasteiger partial charge in [0.15, 0.2) is 11.5 Å². The Kier molecular flexibility index (Phi) is 5.80. The van der Waals surface area contributed by atoms with E-state index in [4.69, 9.17) is 9.47 Å². The molecule has 0 fully saturated rings. The van der Waals surface area contributed by atoms with Crippen molar-refractivity contribution in [2.24, 2.45) is 0 Å². The van der Waals surface area contributed by atoms with E-state index in [0.717, 1.165) is 6.20 Å². The molecule has 1 heterocycles. The highest BCUT2D eigenvalue weighted by atomic mass is 19.1. The van der Waals surface area contributed by atoms with Crippen LogP contribution in [-0.2, 0) is 0 Å². The molecule has 0 saturated heterocycles. The van der Waals surface area contributed by atoms with Crippen LogP contribution in [0.15, 0.2) is 60.8 Å². The Morgan fingerprint density at radius 2 is 1.93 bits per heavy atom. The van der Waals surface area contributed by atoms with E-state index in [1.165, 1.54) is 43.5 Å². The highest BCUT2D eigenvalue weighted by Gasteiger charge is 2.11. The van der Waals surface area contributed by atoms with Gasteiger partial charge in [-0.3, -0.25) is 10.1 Å². The number of pyridine rings is 1. The van der Waals surface area contributed by atoms with Crippen LogP contribution < -0.4 is 9.47 Å². The molecule has 0 spiro atoms. The van der Waals surface area contributed by atoms with E-state index in [-0.39, 0.29) is 17.4 Å². The molecule has 8 heteroatoms. The number of benzene rings is 2. The van der Waals surface area contributed by atoms with Crippen LogP contribution in [0.2, 0.25) is 0 Å². The maximum atomic E-state index is 13.1. The lowest BCUT2D eigenvalue weighted by molar-refractivity contribution is -0.385. The Morgan fingerprint density at radius 3 is 2.52 bits per heavy atom. The first-order valence-corrected chi connectivity index (χ1v) is 8.34. The molecule has 0 aliphatic rings. The van der Waals surface area contributed by atoms with E-state index in [1.54, 1.807) is 24.3 Å². The van der Waals surface area contributed by atoms with E-state index < -0.39 is 4.92 Å². The van der Waals surface area contributed by atoms with Gasteiger partial charge in [0.2, 0.25) is 5.88 Å². The molecule has 0 aliphatic carbocycles. The van der Waals surface area contributed by atoms with Crippen LogP contribution in [0.5, 0.6) is 17.4 Å². The van der Waals surface area contributed by atoms with Crippen LogP contribution in [0.25, 0.3) is 11.6 Å². The van der Waals surface area contributed by atoms with Crippen molar-refractivity contribution in [3.05, 3.63) is 87.9 Å². The number of ether oxygens (including phenoxy) is 2. The summed E-state index contributed by atoms with van der Waals surface area (Å²) in [6, 6.07) is 15.4. The quantitative estimate of drug-likeness (QED) is 0.254. The molecule has 0 unspecified atom stereocenters. The monoisotopic (exact) mass is 391 g/mol. The van der Waals surface area contributed by atoms with Crippen LogP contribution in [0.3, 0.4) is 0 Å². The van der Waals surface area contributed by atoms with E-state index in [0.29, 0.717) is 28.2 Å². The fraction of sp³-hybridized carbons (Fsp3) is 0.0476. The van der Waals surface area contributed by atoms with Crippen LogP contribution in [0, 0.1) is 27.3 Å². The van der Waals surface area contributed by atoms with Gasteiger partial charge in [-0.15, -0.1) is 0 Å². The topological polar surface area (TPSA) is 98.3 Å². The lowest BCUT2D eigenvalue weighted by atomic mass is 10.0. The van der Waals surface area contributed by atoms with Gasteiger partial charge in [0.25, 0.3) is 5.69 Å². The zero-order valence-corrected chi connectivity index (χ0v) is 15.2. The lowest BCUT2D eigenvalue weighted by Crippen LogP contribution is -1.94. The van der Waals surface area contributed by atoms with Gasteiger partial charge in [-0.25, -0.2) is 9.37 Å². The predicted molar refractivity (Wildman–Crippen MR) is 104 cm³/mol. The first-order chi connectivity index (χ1) is 14.0. The summed E-state index contributed by atoms with van der Waals surface area (Å²) in [5, 5.41) is 20.1. The number of methoxy groups -OCH3 is 1. The number of hydrogen-bond acceptors (Lipinski definition) is 6. The number of hydrogen-bond donors (Lipinski definition) is 0. The zero-order chi connectivity index (χ0) is 20.8. The molecule has 0 amide bonds. The summed E-state index contributed by atoms with van der Waals surface area (Å²) >= 11 is 0. The second-order valence-corrected chi connectivity index (χ2v) is 5.80. The minimum atomic E-state index is -0.549. The second kappa shape index (κ2) is 8.63. The van der Waals surface area contributed by atoms with Crippen molar-refractivity contribution >= 4 is 17.3 Å². The Labute approximate surface area is 165 Å². The maximum absolute atomic E-state index is 13.1. The molecular formula is C21H14FN3O4. The first-order valence-electron chi connectivity index (χ1n) is 8.34. The zero-order valence-electron chi connectivity index (χ0n) is 15.2. The molecule has 29 heavy (non-hydrogen) atoms. The summed E-state index contributed by atoms with van der Waals surface area (Å²) in [6.07, 6.45) is 2.74. The van der Waals surface area contributed by atoms with Gasteiger partial charge in [0.05, 0.1) is 23.7 Å². The molecule has 0 N–H and O–H groups in total. The van der Waals surface area contributed by atoms with Crippen molar-refractivity contribution < 1.29 is 18.8 Å². The average Bonchev–Trinajstić information content (AvgIpc) is 2.74. The molecule has 0 radical (unpaired) electrons. The van der Waals surface area contributed by atoms with Crippen LogP contribution in [-0.4, -0.2) is 17.0 Å². The Balaban J connectivity index is 1.87. The van der Waals surface area contributed by atoms with E-state index >= 15 is 0 Å². The number of allylic oxidation sites excluding steroid dienone is 1. The molecule has 0 saturated carbocycles. The molecule has 0 bridgehead atoms. The summed E-state index contributed by atoms with van der Waals surface area (Å²) < 4.78 is 24.1. The lowest BCUT2D eigenvalue weighted by Gasteiger charge is -2.10. The number of nitrogens with zero attached hydrogens (tertiary/aromatic N) is 3. The summed E-state index contributed by atoms with van der Waals surface area (Å²) in [5.74, 6) is 0.525. The van der Waals surface area contributed by atoms with Gasteiger partial charge < -0.3 is 9.47 Å². The van der Waals surface area contributed by atoms with E-state index in [1.807, 2.05) is 0 Å². The molecule has 7 nitrogen and oxygen atoms in total. The highest BCUT2D eigenvalue weighted by Crippen LogP contribution is 2.33. The SMILES string of the molecule is COc1cc(/C=C(/C#N)c2ccc(F)cc2)ccc1Oc1ccc([N+](=O)[O-])cn1. The number of rotatable bonds is 6. The molecule has 3 rings (SSSR count). The standard InChI is InChI=1S/C21H14FN3O4/c1-28-20-11-14(10-16(12-23)15-3-5-17(22)6-4-15)2-8-19(20)29-21-9-7-18(13-24-21)25(26)27/h2-11,13H,1H3/b16-10-. The van der Waals surface area contributed by atoms with Crippen molar-refractivity contribution in [3.63, 3.8) is 0 Å². The molecule has 2 aromatic carbocycles. The third kappa shape index (κ3) is 4.73. The maximum Gasteiger partial charge on any atom is 0.287 e. The van der Waals surface area contributed by atoms with Gasteiger partial charge in [0.1, 0.15) is 12.0 Å². The Morgan fingerprint density at radius 1 is 1.17 bits per heavy atom. The van der Waals surface area contributed by atoms with Crippen LogP contribution in [0.4, 0.5) is 10.1 Å². The normalized spacial score (nSPS) is 10.9. The summed E-state index contributed by atoms with van der Waals surface area (Å²) in [4.78, 5) is 14.0. The number of nitro groups is 1. The fourth-order valence-electron chi connectivity index (χ4n) is 2.49. The summed E-state index contributed by atoms with van der Waals surface area (Å²) in [5.41, 5.74) is 1.47. The molecule has 0 atom stereocenters. The Hall–Kier alpha value is -4.25. The van der Waals surface area contributed by atoms with Crippen molar-refractivity contribution in [2.45, 2.75) is 0 Å². The highest BCUT2D eigenvalue weighted by molar-refractivity contribution is 5.89. The van der Waals surface area contributed by atoms with Gasteiger partial charge in [-0.2, -0.15) is 5.26 Å². The van der Waals surface area contributed by atoms with E-state index in [9.17, 15) is 19.8 Å². The number of halogens is 1. The Bertz CT molecular complexity index is 1100. The number of aromatic nitrogens is 1. The van der Waals surface area contributed by atoms with Gasteiger partial charge in [-0.05, 0) is 41.5 Å². The van der Waals surface area contributed by atoms with Crippen molar-refractivity contribution in [3.8, 4) is 23.4 Å². The van der Waals surface area contributed by atoms with Crippen LogP contribution in [0.1, 0.15) is 11.1 Å². The first kappa shape index (κ1) is 19.5. The van der Waals surface area contributed by atoms with E-state index in [2.05, 4.69) is 11.1 Å². The number of nitriles is 1. The molecule has 0 aliphatic heterocycles. The van der Waals surface area contributed by atoms with Crippen LogP contribution >= 0.6 is 0 Å². The van der Waals surface area contributed by atoms with Crippen molar-refractivity contribution in [1.29, 1.82) is 5.26 Å². The van der Waals surface area contributed by atoms with Gasteiger partial charge in [-0.1, -0.05) is 18.2 Å². The second-order valence-electron chi connectivity index (χ2n) is 5.80. The third-order valence-corrected chi connectivity index (χ3v) is 3.92. The molecule has 144 valence electrons. The van der Waals surface area contributed by atoms with Gasteiger partial charge >= 0.3 is 0 Å². The predicted octanol–water partition coefficient (Wildman–Crippen LogP) is 4.99. The summed E-state index contributed by atoms with van der Waals surface area (Å²) in [7, 11) is 1.46. The fourth-order valence-corrected chi connectivity index (χ4v) is 2.49. The summed E-state index contributed by atoms with van der Waals surface area (Å²) in [6.45, 7) is 0. The molecule has 1 aromatic heterocycles. The smallest absolute Gasteiger partial charge is 0.287 e. The van der Waals surface area contributed by atoms with Crippen molar-refractivity contribution in [1.82, 2.24) is 4.98 Å². The van der Waals surface area contributed by atoms with Crippen molar-refractivity contribution in [2.75, 3.05) is 7.11 Å². The third-order valence-electron chi connectivity index (χ3n) is 3.92. The molecular weight excluding hydrogens is 377 g/mol. The minimum Gasteiger partial charge on any atom is -0.493 e. The minimum absolute atomic E-state index is 0.144. The molecule has 3 aromatic rings. The average molecular weight is 391 g/mol. The largest absolute Gasteiger partial charge is 0.493 e.